The quantitative estimate of drug-likeness (QED) is 0.477. The Kier molecular flexibility index (Phi) is 7.09. The van der Waals surface area contributed by atoms with E-state index in [1.807, 2.05) is 9.47 Å². The van der Waals surface area contributed by atoms with E-state index in [2.05, 4.69) is 11.1 Å². The molecule has 1 aromatic carbocycles. The van der Waals surface area contributed by atoms with E-state index in [-0.39, 0.29) is 18.9 Å². The Morgan fingerprint density at radius 1 is 1.03 bits per heavy atom. The van der Waals surface area contributed by atoms with E-state index in [4.69, 9.17) is 0 Å². The van der Waals surface area contributed by atoms with Gasteiger partial charge in [-0.05, 0) is 42.5 Å². The minimum Gasteiger partial charge on any atom is -0.352 e. The number of nitriles is 1. The van der Waals surface area contributed by atoms with Crippen molar-refractivity contribution in [3.05, 3.63) is 77.7 Å². The van der Waals surface area contributed by atoms with Gasteiger partial charge in [-0.15, -0.1) is 0 Å². The topological polar surface area (TPSA) is 103 Å². The van der Waals surface area contributed by atoms with Crippen molar-refractivity contribution in [2.75, 3.05) is 37.6 Å². The molecule has 0 N–H and O–H groups in total. The summed E-state index contributed by atoms with van der Waals surface area (Å²) in [6.07, 6.45) is -1.46. The number of hydrogen-bond acceptors (Lipinski definition) is 6. The number of alkyl halides is 3. The van der Waals surface area contributed by atoms with E-state index < -0.39 is 32.7 Å². The van der Waals surface area contributed by atoms with Gasteiger partial charge in [0.2, 0.25) is 15.9 Å². The number of fused-ring (bicyclic) bond motifs is 1. The van der Waals surface area contributed by atoms with Crippen LogP contribution in [0, 0.1) is 11.3 Å². The third-order valence-electron chi connectivity index (χ3n) is 7.09. The van der Waals surface area contributed by atoms with Crippen LogP contribution in [0.5, 0.6) is 0 Å². The summed E-state index contributed by atoms with van der Waals surface area (Å²) in [5.74, 6) is 0.288. The molecule has 2 aliphatic rings. The van der Waals surface area contributed by atoms with Crippen molar-refractivity contribution in [1.29, 1.82) is 5.26 Å². The maximum atomic E-state index is 13.6. The van der Waals surface area contributed by atoms with Crippen LogP contribution < -0.4 is 4.90 Å². The molecule has 0 spiro atoms. The zero-order valence-corrected chi connectivity index (χ0v) is 21.6. The number of halogens is 3. The van der Waals surface area contributed by atoms with Gasteiger partial charge in [-0.25, -0.2) is 13.4 Å². The lowest BCUT2D eigenvalue weighted by molar-refractivity contribution is -0.137. The van der Waals surface area contributed by atoms with Crippen LogP contribution in [0.4, 0.5) is 19.0 Å². The summed E-state index contributed by atoms with van der Waals surface area (Å²) in [6.45, 7) is 1.94. The lowest BCUT2D eigenvalue weighted by Gasteiger charge is -2.39. The number of benzene rings is 1. The van der Waals surface area contributed by atoms with Gasteiger partial charge in [0.25, 0.3) is 0 Å². The van der Waals surface area contributed by atoms with Crippen LogP contribution in [0.25, 0.3) is 0 Å². The summed E-state index contributed by atoms with van der Waals surface area (Å²) in [5.41, 5.74) is -0.00598. The molecule has 1 fully saturated rings. The monoisotopic (exact) mass is 558 g/mol. The van der Waals surface area contributed by atoms with Gasteiger partial charge in [0.15, 0.2) is 0 Å². The van der Waals surface area contributed by atoms with Crippen LogP contribution in [-0.2, 0) is 27.5 Å². The number of rotatable bonds is 5. The molecule has 5 rings (SSSR count). The van der Waals surface area contributed by atoms with E-state index in [1.165, 1.54) is 0 Å². The van der Waals surface area contributed by atoms with Gasteiger partial charge in [0, 0.05) is 63.8 Å². The largest absolute Gasteiger partial charge is 0.416 e. The lowest BCUT2D eigenvalue weighted by Crippen LogP contribution is -2.50. The molecule has 2 aromatic heterocycles. The average molecular weight is 559 g/mol. The van der Waals surface area contributed by atoms with Gasteiger partial charge >= 0.3 is 6.18 Å². The first-order chi connectivity index (χ1) is 18.6. The van der Waals surface area contributed by atoms with Crippen LogP contribution in [0.15, 0.2) is 65.8 Å². The van der Waals surface area contributed by atoms with Crippen LogP contribution >= 0.6 is 0 Å². The fourth-order valence-electron chi connectivity index (χ4n) is 5.10. The average Bonchev–Trinajstić information content (AvgIpc) is 3.42. The summed E-state index contributed by atoms with van der Waals surface area (Å²) in [4.78, 5) is 20.8. The van der Waals surface area contributed by atoms with Crippen molar-refractivity contribution >= 4 is 21.7 Å². The highest BCUT2D eigenvalue weighted by atomic mass is 32.2. The molecule has 39 heavy (non-hydrogen) atoms. The number of aromatic nitrogens is 2. The number of carbonyl (C=O) groups excluding carboxylic acids is 1. The van der Waals surface area contributed by atoms with Gasteiger partial charge in [-0.2, -0.15) is 22.7 Å². The highest BCUT2D eigenvalue weighted by molar-refractivity contribution is 7.89. The van der Waals surface area contributed by atoms with Crippen LogP contribution in [0.3, 0.4) is 0 Å². The number of piperazine rings is 1. The maximum absolute atomic E-state index is 13.6. The SMILES string of the molecule is N#Cc1cccnc1N1CCN(C(=O)CC2c3cccn3CCN2S(=O)(=O)c2cccc(C(F)(F)F)c2)CC1. The number of pyridine rings is 1. The number of hydrogen-bond donors (Lipinski definition) is 0. The molecule has 1 atom stereocenters. The normalized spacial score (nSPS) is 18.5. The molecule has 0 saturated carbocycles. The highest BCUT2D eigenvalue weighted by Crippen LogP contribution is 2.36. The molecule has 0 aliphatic carbocycles. The van der Waals surface area contributed by atoms with Gasteiger partial charge in [0.05, 0.1) is 22.1 Å². The van der Waals surface area contributed by atoms with Crippen molar-refractivity contribution in [2.24, 2.45) is 0 Å². The number of amides is 1. The third-order valence-corrected chi connectivity index (χ3v) is 8.99. The van der Waals surface area contributed by atoms with E-state index >= 15 is 0 Å². The summed E-state index contributed by atoms with van der Waals surface area (Å²) in [7, 11) is -4.34. The highest BCUT2D eigenvalue weighted by Gasteiger charge is 2.40. The number of nitrogens with zero attached hydrogens (tertiary/aromatic N) is 6. The molecule has 13 heteroatoms. The summed E-state index contributed by atoms with van der Waals surface area (Å²) >= 11 is 0. The number of anilines is 1. The fourth-order valence-corrected chi connectivity index (χ4v) is 6.74. The Hall–Kier alpha value is -3.89. The van der Waals surface area contributed by atoms with Crippen LogP contribution in [0.1, 0.15) is 29.3 Å². The second kappa shape index (κ2) is 10.3. The molecule has 4 heterocycles. The number of sulfonamides is 1. The van der Waals surface area contributed by atoms with Crippen molar-refractivity contribution in [3.63, 3.8) is 0 Å². The molecular formula is C26H25F3N6O3S. The number of carbonyl (C=O) groups is 1. The minimum atomic E-state index is -4.69. The molecule has 0 bridgehead atoms. The Morgan fingerprint density at radius 2 is 1.79 bits per heavy atom. The minimum absolute atomic E-state index is 0.0165. The molecule has 9 nitrogen and oxygen atoms in total. The van der Waals surface area contributed by atoms with E-state index in [9.17, 15) is 31.6 Å². The predicted octanol–water partition coefficient (Wildman–Crippen LogP) is 3.26. The van der Waals surface area contributed by atoms with Crippen LogP contribution in [-0.4, -0.2) is 65.8 Å². The van der Waals surface area contributed by atoms with Gasteiger partial charge in [-0.3, -0.25) is 4.79 Å². The van der Waals surface area contributed by atoms with E-state index in [1.54, 1.807) is 41.6 Å². The standard InChI is InChI=1S/C26H25F3N6O3S/c27-26(28,29)20-5-1-6-21(16-20)39(37,38)35-15-14-32-9-3-7-22(32)23(35)17-24(36)33-10-12-34(13-11-33)25-19(18-30)4-2-8-31-25/h1-9,16,23H,10-15,17H2. The fraction of sp³-hybridized carbons (Fsp3) is 0.346. The Balaban J connectivity index is 1.36. The summed E-state index contributed by atoms with van der Waals surface area (Å²) in [5, 5.41) is 9.37. The smallest absolute Gasteiger partial charge is 0.352 e. The molecule has 1 saturated heterocycles. The lowest BCUT2D eigenvalue weighted by atomic mass is 10.1. The van der Waals surface area contributed by atoms with Gasteiger partial charge in [0.1, 0.15) is 11.9 Å². The third kappa shape index (κ3) is 5.22. The zero-order chi connectivity index (χ0) is 27.8. The molecule has 0 radical (unpaired) electrons. The van der Waals surface area contributed by atoms with Gasteiger partial charge in [-0.1, -0.05) is 6.07 Å². The molecule has 2 aliphatic heterocycles. The maximum Gasteiger partial charge on any atom is 0.416 e. The van der Waals surface area contributed by atoms with Crippen LogP contribution in [0.2, 0.25) is 0 Å². The molecule has 204 valence electrons. The van der Waals surface area contributed by atoms with Gasteiger partial charge < -0.3 is 14.4 Å². The first-order valence-corrected chi connectivity index (χ1v) is 13.8. The zero-order valence-electron chi connectivity index (χ0n) is 20.8. The first-order valence-electron chi connectivity index (χ1n) is 12.3. The first kappa shape index (κ1) is 26.7. The van der Waals surface area contributed by atoms with E-state index in [0.29, 0.717) is 55.9 Å². The summed E-state index contributed by atoms with van der Waals surface area (Å²) in [6, 6.07) is 11.8. The van der Waals surface area contributed by atoms with Crippen molar-refractivity contribution in [1.82, 2.24) is 18.8 Å². The van der Waals surface area contributed by atoms with Crippen molar-refractivity contribution in [3.8, 4) is 6.07 Å². The Labute approximate surface area is 223 Å². The second-order valence-electron chi connectivity index (χ2n) is 9.34. The summed E-state index contributed by atoms with van der Waals surface area (Å²) < 4.78 is 70.1. The van der Waals surface area contributed by atoms with E-state index in [0.717, 1.165) is 22.5 Å². The van der Waals surface area contributed by atoms with Crippen molar-refractivity contribution in [2.45, 2.75) is 30.1 Å². The molecule has 3 aromatic rings. The molecular weight excluding hydrogens is 533 g/mol. The molecule has 1 unspecified atom stereocenters. The Morgan fingerprint density at radius 3 is 2.51 bits per heavy atom. The predicted molar refractivity (Wildman–Crippen MR) is 135 cm³/mol. The second-order valence-corrected chi connectivity index (χ2v) is 11.2. The Bertz CT molecular complexity index is 1520. The van der Waals surface area contributed by atoms with Crippen molar-refractivity contribution < 1.29 is 26.4 Å². The molecule has 1 amide bonds.